The molecule has 0 aliphatic heterocycles. The van der Waals surface area contributed by atoms with E-state index in [4.69, 9.17) is 9.40 Å². The summed E-state index contributed by atoms with van der Waals surface area (Å²) in [7, 11) is 0. The largest absolute Gasteiger partial charge is 0.452 e. The molecule has 0 saturated heterocycles. The Hall–Kier alpha value is -7.17. The number of nitrogens with zero attached hydrogens (tertiary/aromatic N) is 3. The third kappa shape index (κ3) is 4.03. The molecule has 0 atom stereocenters. The van der Waals surface area contributed by atoms with Crippen molar-refractivity contribution in [3.8, 4) is 22.5 Å². The van der Waals surface area contributed by atoms with Crippen molar-refractivity contribution in [3.63, 3.8) is 0 Å². The number of furan rings is 1. The van der Waals surface area contributed by atoms with Gasteiger partial charge in [0.05, 0.1) is 27.6 Å². The van der Waals surface area contributed by atoms with Crippen LogP contribution in [0.1, 0.15) is 0 Å². The van der Waals surface area contributed by atoms with Gasteiger partial charge in [0, 0.05) is 38.0 Å². The van der Waals surface area contributed by atoms with Gasteiger partial charge in [-0.25, -0.2) is 4.98 Å². The number of fused-ring (bicyclic) bond motifs is 11. The van der Waals surface area contributed by atoms with Crippen LogP contribution >= 0.6 is 0 Å². The summed E-state index contributed by atoms with van der Waals surface area (Å²) < 4.78 is 11.5. The first kappa shape index (κ1) is 28.5. The van der Waals surface area contributed by atoms with Crippen molar-refractivity contribution in [1.29, 1.82) is 0 Å². The number of pyridine rings is 1. The van der Waals surface area contributed by atoms with E-state index in [9.17, 15) is 0 Å². The molecule has 4 heteroatoms. The van der Waals surface area contributed by atoms with E-state index in [1.165, 1.54) is 54.5 Å². The zero-order valence-corrected chi connectivity index (χ0v) is 28.5. The Morgan fingerprint density at radius 3 is 1.79 bits per heavy atom. The van der Waals surface area contributed by atoms with Crippen LogP contribution in [0.4, 0.5) is 0 Å². The lowest BCUT2D eigenvalue weighted by molar-refractivity contribution is 0.666. The zero-order chi connectivity index (χ0) is 34.6. The summed E-state index contributed by atoms with van der Waals surface area (Å²) in [6.07, 6.45) is 0. The molecule has 53 heavy (non-hydrogen) atoms. The molecule has 4 aromatic heterocycles. The number of hydrogen-bond acceptors (Lipinski definition) is 2. The second-order valence-electron chi connectivity index (χ2n) is 14.0. The van der Waals surface area contributed by atoms with Gasteiger partial charge < -0.3 is 13.6 Å². The highest BCUT2D eigenvalue weighted by Crippen LogP contribution is 2.43. The van der Waals surface area contributed by atoms with Crippen molar-refractivity contribution in [2.45, 2.75) is 0 Å². The van der Waals surface area contributed by atoms with Gasteiger partial charge in [0.2, 0.25) is 0 Å². The van der Waals surface area contributed by atoms with Crippen molar-refractivity contribution in [1.82, 2.24) is 14.1 Å². The maximum Gasteiger partial charge on any atom is 0.178 e. The van der Waals surface area contributed by atoms with Gasteiger partial charge in [-0.2, -0.15) is 0 Å². The van der Waals surface area contributed by atoms with Gasteiger partial charge in [-0.05, 0) is 94.7 Å². The molecule has 0 unspecified atom stereocenters. The van der Waals surface area contributed by atoms with Crippen LogP contribution in [0, 0.1) is 0 Å². The van der Waals surface area contributed by atoms with E-state index < -0.39 is 0 Å². The van der Waals surface area contributed by atoms with Gasteiger partial charge in [0.15, 0.2) is 5.58 Å². The Balaban J connectivity index is 1.16. The lowest BCUT2D eigenvalue weighted by Gasteiger charge is -2.13. The molecule has 0 bridgehead atoms. The number of rotatable bonds is 3. The minimum absolute atomic E-state index is 0.793. The van der Waals surface area contributed by atoms with E-state index in [-0.39, 0.29) is 0 Å². The van der Waals surface area contributed by atoms with Gasteiger partial charge in [-0.1, -0.05) is 103 Å². The van der Waals surface area contributed by atoms with Gasteiger partial charge in [-0.3, -0.25) is 0 Å². The van der Waals surface area contributed by atoms with Gasteiger partial charge >= 0.3 is 0 Å². The third-order valence-electron chi connectivity index (χ3n) is 11.1. The molecular formula is C49H29N3O. The molecule has 0 saturated carbocycles. The van der Waals surface area contributed by atoms with E-state index in [1.54, 1.807) is 0 Å². The van der Waals surface area contributed by atoms with Crippen LogP contribution < -0.4 is 0 Å². The first-order valence-corrected chi connectivity index (χ1v) is 18.0. The van der Waals surface area contributed by atoms with E-state index >= 15 is 0 Å². The fraction of sp³-hybridized carbons (Fsp3) is 0. The fourth-order valence-electron chi connectivity index (χ4n) is 8.67. The lowest BCUT2D eigenvalue weighted by Crippen LogP contribution is -1.98. The normalized spacial score (nSPS) is 12.2. The van der Waals surface area contributed by atoms with Crippen molar-refractivity contribution in [3.05, 3.63) is 176 Å². The first-order chi connectivity index (χ1) is 26.3. The maximum absolute atomic E-state index is 6.72. The van der Waals surface area contributed by atoms with Crippen LogP contribution in [-0.2, 0) is 0 Å². The van der Waals surface area contributed by atoms with Gasteiger partial charge in [0.25, 0.3) is 0 Å². The second kappa shape index (κ2) is 10.7. The van der Waals surface area contributed by atoms with Crippen LogP contribution in [-0.4, -0.2) is 14.1 Å². The molecule has 0 fully saturated rings. The van der Waals surface area contributed by atoms with Crippen LogP contribution in [0.2, 0.25) is 0 Å². The summed E-state index contributed by atoms with van der Waals surface area (Å²) in [4.78, 5) is 5.16. The number of para-hydroxylation sites is 4. The SMILES string of the molecule is c1ccc(-n2c3ccccc3c3cc(-c4ccc5c(c4)c4cc6ccccc6cc4n5-c4c5ccccc5nc5c4oc4ccccc45)ccc32)cc1. The molecule has 4 heterocycles. The quantitative estimate of drug-likeness (QED) is 0.187. The average molecular weight is 676 g/mol. The molecular weight excluding hydrogens is 647 g/mol. The molecule has 12 rings (SSSR count). The lowest BCUT2D eigenvalue weighted by atomic mass is 10.00. The Labute approximate surface area is 303 Å². The molecule has 0 N–H and O–H groups in total. The molecule has 0 aliphatic carbocycles. The van der Waals surface area contributed by atoms with Crippen LogP contribution in [0.3, 0.4) is 0 Å². The fourth-order valence-corrected chi connectivity index (χ4v) is 8.67. The molecule has 246 valence electrons. The Morgan fingerprint density at radius 1 is 0.396 bits per heavy atom. The van der Waals surface area contributed by atoms with Crippen molar-refractivity contribution in [2.24, 2.45) is 0 Å². The monoisotopic (exact) mass is 675 g/mol. The number of benzene rings is 8. The molecule has 8 aromatic carbocycles. The maximum atomic E-state index is 6.72. The standard InChI is InChI=1S/C49H29N3O/c1-2-14-34(15-3-1)51-42-20-10-7-16-35(42)38-27-32(22-24-43(38)51)33-23-25-44-39(28-33)40-26-30-12-4-5-13-31(30)29-45(40)52(44)48-36-17-6-9-19-41(36)50-47-37-18-8-11-21-46(37)53-49(47)48/h1-29H. The van der Waals surface area contributed by atoms with Gasteiger partial charge in [0.1, 0.15) is 16.8 Å². The smallest absolute Gasteiger partial charge is 0.178 e. The Bertz CT molecular complexity index is 3460. The van der Waals surface area contributed by atoms with Crippen molar-refractivity contribution in [2.75, 3.05) is 0 Å². The predicted molar refractivity (Wildman–Crippen MR) is 221 cm³/mol. The summed E-state index contributed by atoms with van der Waals surface area (Å²) in [5.74, 6) is 0. The Morgan fingerprint density at radius 2 is 0.981 bits per heavy atom. The summed E-state index contributed by atoms with van der Waals surface area (Å²) >= 11 is 0. The molecule has 0 spiro atoms. The van der Waals surface area contributed by atoms with Crippen LogP contribution in [0.25, 0.3) is 110 Å². The third-order valence-corrected chi connectivity index (χ3v) is 11.1. The van der Waals surface area contributed by atoms with Crippen LogP contribution in [0.5, 0.6) is 0 Å². The summed E-state index contributed by atoms with van der Waals surface area (Å²) in [5, 5.41) is 9.37. The summed E-state index contributed by atoms with van der Waals surface area (Å²) in [6.45, 7) is 0. The van der Waals surface area contributed by atoms with Crippen molar-refractivity contribution < 1.29 is 4.42 Å². The molecule has 0 aliphatic rings. The van der Waals surface area contributed by atoms with Crippen LogP contribution in [0.15, 0.2) is 180 Å². The highest BCUT2D eigenvalue weighted by molar-refractivity contribution is 6.19. The number of aromatic nitrogens is 3. The van der Waals surface area contributed by atoms with E-state index in [2.05, 4.69) is 173 Å². The minimum Gasteiger partial charge on any atom is -0.452 e. The average Bonchev–Trinajstić information content (AvgIpc) is 3.86. The van der Waals surface area contributed by atoms with E-state index in [0.717, 1.165) is 55.4 Å². The summed E-state index contributed by atoms with van der Waals surface area (Å²) in [5.41, 5.74) is 12.7. The highest BCUT2D eigenvalue weighted by Gasteiger charge is 2.23. The topological polar surface area (TPSA) is 35.9 Å². The Kier molecular flexibility index (Phi) is 5.74. The van der Waals surface area contributed by atoms with E-state index in [0.29, 0.717) is 0 Å². The minimum atomic E-state index is 0.793. The molecule has 12 aromatic rings. The second-order valence-corrected chi connectivity index (χ2v) is 14.0. The van der Waals surface area contributed by atoms with Crippen molar-refractivity contribution >= 4 is 87.4 Å². The van der Waals surface area contributed by atoms with Gasteiger partial charge in [-0.15, -0.1) is 0 Å². The highest BCUT2D eigenvalue weighted by atomic mass is 16.3. The van der Waals surface area contributed by atoms with E-state index in [1.807, 2.05) is 12.1 Å². The molecule has 0 amide bonds. The molecule has 4 nitrogen and oxygen atoms in total. The zero-order valence-electron chi connectivity index (χ0n) is 28.5. The number of hydrogen-bond donors (Lipinski definition) is 0. The summed E-state index contributed by atoms with van der Waals surface area (Å²) in [6, 6.07) is 63.2. The predicted octanol–water partition coefficient (Wildman–Crippen LogP) is 13.1. The molecule has 0 radical (unpaired) electrons. The first-order valence-electron chi connectivity index (χ1n) is 18.0.